The Morgan fingerprint density at radius 3 is 2.77 bits per heavy atom. The van der Waals surface area contributed by atoms with Crippen LogP contribution in [0, 0.1) is 5.92 Å². The molecule has 1 fully saturated rings. The van der Waals surface area contributed by atoms with Crippen LogP contribution in [-0.4, -0.2) is 36.5 Å². The van der Waals surface area contributed by atoms with E-state index >= 15 is 0 Å². The predicted octanol–water partition coefficient (Wildman–Crippen LogP) is 2.60. The van der Waals surface area contributed by atoms with Gasteiger partial charge in [0.25, 0.3) is 0 Å². The SMILES string of the molecule is C=CC[C@@H]1C[C@H](CN)N(CCCCOc2ccccc2)C1=O. The minimum Gasteiger partial charge on any atom is -0.494 e. The van der Waals surface area contributed by atoms with E-state index in [1.807, 2.05) is 41.3 Å². The van der Waals surface area contributed by atoms with Gasteiger partial charge in [0.15, 0.2) is 0 Å². The number of benzene rings is 1. The molecule has 1 amide bonds. The van der Waals surface area contributed by atoms with Gasteiger partial charge < -0.3 is 15.4 Å². The third-order valence-electron chi connectivity index (χ3n) is 4.16. The van der Waals surface area contributed by atoms with E-state index in [1.165, 1.54) is 0 Å². The van der Waals surface area contributed by atoms with Gasteiger partial charge in [-0.3, -0.25) is 4.79 Å². The Kier molecular flexibility index (Phi) is 6.46. The van der Waals surface area contributed by atoms with E-state index in [4.69, 9.17) is 10.5 Å². The number of para-hydroxylation sites is 1. The molecule has 2 rings (SSSR count). The number of rotatable bonds is 9. The number of nitrogens with two attached hydrogens (primary N) is 1. The van der Waals surface area contributed by atoms with Gasteiger partial charge in [-0.05, 0) is 37.8 Å². The summed E-state index contributed by atoms with van der Waals surface area (Å²) in [6.07, 6.45) is 5.32. The molecular formula is C18H26N2O2. The van der Waals surface area contributed by atoms with Crippen LogP contribution >= 0.6 is 0 Å². The van der Waals surface area contributed by atoms with Crippen molar-refractivity contribution in [1.29, 1.82) is 0 Å². The molecule has 2 N–H and O–H groups in total. The maximum atomic E-state index is 12.3. The summed E-state index contributed by atoms with van der Waals surface area (Å²) < 4.78 is 5.67. The Labute approximate surface area is 132 Å². The molecule has 4 heteroatoms. The minimum absolute atomic E-state index is 0.0756. The highest BCUT2D eigenvalue weighted by Gasteiger charge is 2.37. The number of unbranched alkanes of at least 4 members (excludes halogenated alkanes) is 1. The zero-order valence-electron chi connectivity index (χ0n) is 13.1. The average molecular weight is 302 g/mol. The molecule has 0 aliphatic carbocycles. The zero-order chi connectivity index (χ0) is 15.8. The van der Waals surface area contributed by atoms with Gasteiger partial charge in [0.2, 0.25) is 5.91 Å². The normalized spacial score (nSPS) is 21.1. The van der Waals surface area contributed by atoms with Crippen molar-refractivity contribution >= 4 is 5.91 Å². The third-order valence-corrected chi connectivity index (χ3v) is 4.16. The Bertz CT molecular complexity index is 475. The average Bonchev–Trinajstić information content (AvgIpc) is 2.84. The predicted molar refractivity (Wildman–Crippen MR) is 88.6 cm³/mol. The van der Waals surface area contributed by atoms with Crippen molar-refractivity contribution in [3.63, 3.8) is 0 Å². The molecule has 1 aromatic carbocycles. The number of nitrogens with zero attached hydrogens (tertiary/aromatic N) is 1. The van der Waals surface area contributed by atoms with Crippen LogP contribution in [0.15, 0.2) is 43.0 Å². The number of carbonyl (C=O) groups excluding carboxylic acids is 1. The fraction of sp³-hybridized carbons (Fsp3) is 0.500. The van der Waals surface area contributed by atoms with Crippen LogP contribution < -0.4 is 10.5 Å². The second kappa shape index (κ2) is 8.59. The standard InChI is InChI=1S/C18H26N2O2/c1-2-8-15-13-16(14-19)20(18(15)21)11-6-7-12-22-17-9-4-3-5-10-17/h2-5,9-10,15-16H,1,6-8,11-14,19H2/t15-,16-/m1/s1. The van der Waals surface area contributed by atoms with Crippen LogP contribution in [0.5, 0.6) is 5.75 Å². The van der Waals surface area contributed by atoms with Gasteiger partial charge in [-0.1, -0.05) is 24.3 Å². The van der Waals surface area contributed by atoms with Crippen LogP contribution in [0.25, 0.3) is 0 Å². The molecule has 1 aliphatic rings. The summed E-state index contributed by atoms with van der Waals surface area (Å²) in [5.41, 5.74) is 5.81. The van der Waals surface area contributed by atoms with Crippen LogP contribution in [0.3, 0.4) is 0 Å². The molecule has 1 aromatic rings. The summed E-state index contributed by atoms with van der Waals surface area (Å²) >= 11 is 0. The van der Waals surface area contributed by atoms with Crippen LogP contribution in [0.2, 0.25) is 0 Å². The second-order valence-electron chi connectivity index (χ2n) is 5.75. The zero-order valence-corrected chi connectivity index (χ0v) is 13.1. The Morgan fingerprint density at radius 2 is 2.09 bits per heavy atom. The van der Waals surface area contributed by atoms with Crippen LogP contribution in [0.4, 0.5) is 0 Å². The first-order valence-corrected chi connectivity index (χ1v) is 8.05. The number of hydrogen-bond donors (Lipinski definition) is 1. The van der Waals surface area contributed by atoms with Gasteiger partial charge in [0.05, 0.1) is 6.61 Å². The van der Waals surface area contributed by atoms with Crippen LogP contribution in [-0.2, 0) is 4.79 Å². The van der Waals surface area contributed by atoms with E-state index < -0.39 is 0 Å². The summed E-state index contributed by atoms with van der Waals surface area (Å²) in [7, 11) is 0. The largest absolute Gasteiger partial charge is 0.494 e. The van der Waals surface area contributed by atoms with Crippen molar-refractivity contribution in [2.24, 2.45) is 11.7 Å². The maximum absolute atomic E-state index is 12.3. The lowest BCUT2D eigenvalue weighted by molar-refractivity contribution is -0.131. The van der Waals surface area contributed by atoms with Crippen LogP contribution in [0.1, 0.15) is 25.7 Å². The summed E-state index contributed by atoms with van der Waals surface area (Å²) in [5, 5.41) is 0. The van der Waals surface area contributed by atoms with Crippen molar-refractivity contribution in [1.82, 2.24) is 4.90 Å². The van der Waals surface area contributed by atoms with Gasteiger partial charge in [-0.2, -0.15) is 0 Å². The monoisotopic (exact) mass is 302 g/mol. The van der Waals surface area contributed by atoms with Gasteiger partial charge in [0, 0.05) is 25.0 Å². The highest BCUT2D eigenvalue weighted by Crippen LogP contribution is 2.27. The molecule has 1 heterocycles. The lowest BCUT2D eigenvalue weighted by Gasteiger charge is -2.23. The van der Waals surface area contributed by atoms with Gasteiger partial charge in [-0.15, -0.1) is 6.58 Å². The Hall–Kier alpha value is -1.81. The lowest BCUT2D eigenvalue weighted by Crippen LogP contribution is -2.39. The van der Waals surface area contributed by atoms with Crippen molar-refractivity contribution < 1.29 is 9.53 Å². The first-order valence-electron chi connectivity index (χ1n) is 8.05. The maximum Gasteiger partial charge on any atom is 0.226 e. The number of likely N-dealkylation sites (tertiary alicyclic amines) is 1. The molecule has 0 saturated carbocycles. The number of allylic oxidation sites excluding steroid dienone is 1. The van der Waals surface area contributed by atoms with Crippen molar-refractivity contribution in [2.45, 2.75) is 31.7 Å². The van der Waals surface area contributed by atoms with E-state index in [1.54, 1.807) is 0 Å². The lowest BCUT2D eigenvalue weighted by atomic mass is 10.0. The number of carbonyl (C=O) groups is 1. The topological polar surface area (TPSA) is 55.6 Å². The van der Waals surface area contributed by atoms with E-state index in [-0.39, 0.29) is 17.9 Å². The molecule has 4 nitrogen and oxygen atoms in total. The van der Waals surface area contributed by atoms with Gasteiger partial charge >= 0.3 is 0 Å². The molecule has 1 saturated heterocycles. The summed E-state index contributed by atoms with van der Waals surface area (Å²) in [5.74, 6) is 1.21. The van der Waals surface area contributed by atoms with Gasteiger partial charge in [-0.25, -0.2) is 0 Å². The molecule has 22 heavy (non-hydrogen) atoms. The quantitative estimate of drug-likeness (QED) is 0.563. The fourth-order valence-electron chi connectivity index (χ4n) is 2.98. The molecule has 0 radical (unpaired) electrons. The molecule has 0 bridgehead atoms. The molecule has 0 spiro atoms. The molecular weight excluding hydrogens is 276 g/mol. The molecule has 2 atom stereocenters. The highest BCUT2D eigenvalue weighted by molar-refractivity contribution is 5.81. The number of hydrogen-bond acceptors (Lipinski definition) is 3. The number of ether oxygens (including phenoxy) is 1. The smallest absolute Gasteiger partial charge is 0.226 e. The molecule has 1 aliphatic heterocycles. The first kappa shape index (κ1) is 16.6. The molecule has 0 unspecified atom stereocenters. The van der Waals surface area contributed by atoms with Gasteiger partial charge in [0.1, 0.15) is 5.75 Å². The second-order valence-corrected chi connectivity index (χ2v) is 5.75. The first-order chi connectivity index (χ1) is 10.8. The van der Waals surface area contributed by atoms with E-state index in [2.05, 4.69) is 6.58 Å². The van der Waals surface area contributed by atoms with Crippen molar-refractivity contribution in [3.05, 3.63) is 43.0 Å². The highest BCUT2D eigenvalue weighted by atomic mass is 16.5. The Morgan fingerprint density at radius 1 is 1.32 bits per heavy atom. The molecule has 120 valence electrons. The van der Waals surface area contributed by atoms with Crippen molar-refractivity contribution in [2.75, 3.05) is 19.7 Å². The fourth-order valence-corrected chi connectivity index (χ4v) is 2.98. The summed E-state index contributed by atoms with van der Waals surface area (Å²) in [4.78, 5) is 14.3. The summed E-state index contributed by atoms with van der Waals surface area (Å²) in [6, 6.07) is 9.99. The molecule has 0 aromatic heterocycles. The Balaban J connectivity index is 1.71. The van der Waals surface area contributed by atoms with E-state index in [9.17, 15) is 4.79 Å². The third kappa shape index (κ3) is 4.34. The summed E-state index contributed by atoms with van der Waals surface area (Å²) in [6.45, 7) is 5.72. The van der Waals surface area contributed by atoms with Crippen molar-refractivity contribution in [3.8, 4) is 5.75 Å². The minimum atomic E-state index is 0.0756. The van der Waals surface area contributed by atoms with E-state index in [0.29, 0.717) is 13.2 Å². The van der Waals surface area contributed by atoms with E-state index in [0.717, 1.165) is 38.0 Å². The number of amides is 1.